The average molecular weight is 289 g/mol. The van der Waals surface area contributed by atoms with Gasteiger partial charge in [-0.05, 0) is 37.1 Å². The van der Waals surface area contributed by atoms with Crippen LogP contribution in [-0.2, 0) is 0 Å². The van der Waals surface area contributed by atoms with Gasteiger partial charge >= 0.3 is 0 Å². The summed E-state index contributed by atoms with van der Waals surface area (Å²) in [5.41, 5.74) is 2.20. The van der Waals surface area contributed by atoms with E-state index < -0.39 is 0 Å². The molecule has 0 saturated heterocycles. The predicted molar refractivity (Wildman–Crippen MR) is 90.4 cm³/mol. The number of hydrogen-bond donors (Lipinski definition) is 0. The molecular formula is C19H19N3. The van der Waals surface area contributed by atoms with Crippen molar-refractivity contribution in [1.29, 1.82) is 0 Å². The van der Waals surface area contributed by atoms with E-state index in [2.05, 4.69) is 46.3 Å². The smallest absolute Gasteiger partial charge is 0.159 e. The van der Waals surface area contributed by atoms with Crippen LogP contribution in [0.25, 0.3) is 10.9 Å². The molecule has 0 unspecified atom stereocenters. The fourth-order valence-electron chi connectivity index (χ4n) is 3.42. The molecule has 0 spiro atoms. The predicted octanol–water partition coefficient (Wildman–Crippen LogP) is 4.71. The summed E-state index contributed by atoms with van der Waals surface area (Å²) in [4.78, 5) is 11.7. The van der Waals surface area contributed by atoms with Crippen molar-refractivity contribution in [2.75, 3.05) is 4.90 Å². The first-order valence-corrected chi connectivity index (χ1v) is 7.97. The molecule has 0 N–H and O–H groups in total. The molecule has 3 aromatic rings. The molecule has 1 saturated carbocycles. The molecule has 1 aliphatic rings. The monoisotopic (exact) mass is 289 g/mol. The molecule has 1 aliphatic carbocycles. The molecule has 1 fully saturated rings. The van der Waals surface area contributed by atoms with Crippen LogP contribution < -0.4 is 4.90 Å². The van der Waals surface area contributed by atoms with Gasteiger partial charge in [0.05, 0.1) is 0 Å². The number of anilines is 2. The Morgan fingerprint density at radius 2 is 1.64 bits per heavy atom. The number of fused-ring (bicyclic) bond motifs is 1. The third kappa shape index (κ3) is 2.33. The minimum absolute atomic E-state index is 0.516. The lowest BCUT2D eigenvalue weighted by Gasteiger charge is -2.30. The van der Waals surface area contributed by atoms with Crippen molar-refractivity contribution in [3.63, 3.8) is 0 Å². The molecule has 0 amide bonds. The van der Waals surface area contributed by atoms with Crippen molar-refractivity contribution >= 4 is 22.4 Å². The van der Waals surface area contributed by atoms with E-state index in [1.165, 1.54) is 31.4 Å². The fourth-order valence-corrected chi connectivity index (χ4v) is 3.42. The summed E-state index contributed by atoms with van der Waals surface area (Å²) in [6.45, 7) is 0. The maximum atomic E-state index is 4.69. The van der Waals surface area contributed by atoms with Crippen LogP contribution in [0, 0.1) is 0 Å². The normalized spacial score (nSPS) is 15.3. The average Bonchev–Trinajstić information content (AvgIpc) is 3.11. The van der Waals surface area contributed by atoms with E-state index in [9.17, 15) is 0 Å². The molecule has 0 radical (unpaired) electrons. The summed E-state index contributed by atoms with van der Waals surface area (Å²) in [6, 6.07) is 17.2. The third-order valence-corrected chi connectivity index (χ3v) is 4.45. The van der Waals surface area contributed by atoms with E-state index in [4.69, 9.17) is 4.98 Å². The van der Waals surface area contributed by atoms with Gasteiger partial charge in [0.1, 0.15) is 5.52 Å². The van der Waals surface area contributed by atoms with Crippen molar-refractivity contribution in [1.82, 2.24) is 9.97 Å². The zero-order valence-corrected chi connectivity index (χ0v) is 12.5. The minimum atomic E-state index is 0.516. The van der Waals surface area contributed by atoms with E-state index in [-0.39, 0.29) is 0 Å². The van der Waals surface area contributed by atoms with Crippen LogP contribution in [0.4, 0.5) is 11.5 Å². The number of pyridine rings is 2. The maximum Gasteiger partial charge on any atom is 0.159 e. The first kappa shape index (κ1) is 13.3. The van der Waals surface area contributed by atoms with Gasteiger partial charge in [0.2, 0.25) is 0 Å². The molecule has 1 aromatic carbocycles. The third-order valence-electron chi connectivity index (χ3n) is 4.45. The van der Waals surface area contributed by atoms with Crippen LogP contribution in [0.2, 0.25) is 0 Å². The quantitative estimate of drug-likeness (QED) is 0.699. The van der Waals surface area contributed by atoms with E-state index in [0.29, 0.717) is 6.04 Å². The Morgan fingerprint density at radius 3 is 2.45 bits per heavy atom. The van der Waals surface area contributed by atoms with Crippen molar-refractivity contribution < 1.29 is 0 Å². The van der Waals surface area contributed by atoms with E-state index in [1.54, 1.807) is 0 Å². The lowest BCUT2D eigenvalue weighted by Crippen LogP contribution is -2.29. The Bertz CT molecular complexity index is 758. The summed E-state index contributed by atoms with van der Waals surface area (Å²) in [5, 5.41) is 1.14. The molecule has 110 valence electrons. The maximum absolute atomic E-state index is 4.69. The summed E-state index contributed by atoms with van der Waals surface area (Å²) >= 11 is 0. The van der Waals surface area contributed by atoms with Crippen molar-refractivity contribution in [2.45, 2.75) is 31.7 Å². The lowest BCUT2D eigenvalue weighted by molar-refractivity contribution is 0.672. The van der Waals surface area contributed by atoms with E-state index in [1.807, 2.05) is 24.5 Å². The highest BCUT2D eigenvalue weighted by Crippen LogP contribution is 2.36. The summed E-state index contributed by atoms with van der Waals surface area (Å²) in [5.74, 6) is 0.983. The van der Waals surface area contributed by atoms with Crippen LogP contribution in [0.1, 0.15) is 25.7 Å². The van der Waals surface area contributed by atoms with Gasteiger partial charge in [0.15, 0.2) is 5.82 Å². The Kier molecular flexibility index (Phi) is 3.47. The standard InChI is InChI=1S/C19H19N3/c1-2-8-16(9-3-1)22(17-10-4-5-11-17)19-18-15(12-14-21-19)7-6-13-20-18/h1-3,6-9,12-14,17H,4-5,10-11H2. The highest BCUT2D eigenvalue weighted by atomic mass is 15.2. The summed E-state index contributed by atoms with van der Waals surface area (Å²) in [6.07, 6.45) is 8.79. The zero-order valence-electron chi connectivity index (χ0n) is 12.5. The van der Waals surface area contributed by atoms with Crippen LogP contribution in [0.5, 0.6) is 0 Å². The molecule has 22 heavy (non-hydrogen) atoms. The lowest BCUT2D eigenvalue weighted by atomic mass is 10.1. The summed E-state index contributed by atoms with van der Waals surface area (Å²) in [7, 11) is 0. The molecule has 0 bridgehead atoms. The molecule has 2 aromatic heterocycles. The van der Waals surface area contributed by atoms with Gasteiger partial charge in [-0.3, -0.25) is 4.98 Å². The van der Waals surface area contributed by atoms with Gasteiger partial charge < -0.3 is 4.90 Å². The number of aromatic nitrogens is 2. The zero-order chi connectivity index (χ0) is 14.8. The van der Waals surface area contributed by atoms with Gasteiger partial charge in [-0.25, -0.2) is 4.98 Å². The molecule has 0 aliphatic heterocycles. The number of hydrogen-bond acceptors (Lipinski definition) is 3. The summed E-state index contributed by atoms with van der Waals surface area (Å²) < 4.78 is 0. The first-order chi connectivity index (χ1) is 10.9. The van der Waals surface area contributed by atoms with Gasteiger partial charge in [-0.2, -0.15) is 0 Å². The van der Waals surface area contributed by atoms with Crippen LogP contribution in [-0.4, -0.2) is 16.0 Å². The van der Waals surface area contributed by atoms with Gasteiger partial charge in [-0.1, -0.05) is 37.1 Å². The molecular weight excluding hydrogens is 270 g/mol. The molecule has 3 heteroatoms. The van der Waals surface area contributed by atoms with Gasteiger partial charge in [-0.15, -0.1) is 0 Å². The largest absolute Gasteiger partial charge is 0.322 e. The first-order valence-electron chi connectivity index (χ1n) is 7.97. The van der Waals surface area contributed by atoms with Crippen LogP contribution in [0.15, 0.2) is 60.9 Å². The molecule has 3 nitrogen and oxygen atoms in total. The van der Waals surface area contributed by atoms with Crippen LogP contribution >= 0.6 is 0 Å². The fraction of sp³-hybridized carbons (Fsp3) is 0.263. The SMILES string of the molecule is c1ccc(N(c2nccc3cccnc23)C2CCCC2)cc1. The number of rotatable bonds is 3. The molecule has 4 rings (SSSR count). The highest BCUT2D eigenvalue weighted by molar-refractivity contribution is 5.90. The minimum Gasteiger partial charge on any atom is -0.322 e. The van der Waals surface area contributed by atoms with Crippen molar-refractivity contribution in [3.8, 4) is 0 Å². The number of benzene rings is 1. The Hall–Kier alpha value is -2.42. The topological polar surface area (TPSA) is 29.0 Å². The molecule has 2 heterocycles. The Labute approximate surface area is 130 Å². The second-order valence-corrected chi connectivity index (χ2v) is 5.85. The number of nitrogens with zero attached hydrogens (tertiary/aromatic N) is 3. The number of para-hydroxylation sites is 1. The van der Waals surface area contributed by atoms with Crippen LogP contribution in [0.3, 0.4) is 0 Å². The highest BCUT2D eigenvalue weighted by Gasteiger charge is 2.26. The van der Waals surface area contributed by atoms with Gasteiger partial charge in [0, 0.05) is 29.5 Å². The van der Waals surface area contributed by atoms with Crippen molar-refractivity contribution in [3.05, 3.63) is 60.9 Å². The van der Waals surface area contributed by atoms with E-state index in [0.717, 1.165) is 16.7 Å². The van der Waals surface area contributed by atoms with E-state index >= 15 is 0 Å². The Balaban J connectivity index is 1.89. The van der Waals surface area contributed by atoms with Gasteiger partial charge in [0.25, 0.3) is 0 Å². The van der Waals surface area contributed by atoms with Crippen molar-refractivity contribution in [2.24, 2.45) is 0 Å². The molecule has 0 atom stereocenters. The second kappa shape index (κ2) is 5.76. The Morgan fingerprint density at radius 1 is 0.818 bits per heavy atom. The second-order valence-electron chi connectivity index (χ2n) is 5.85.